The predicted molar refractivity (Wildman–Crippen MR) is 63.6 cm³/mol. The number of hydrogen-bond acceptors (Lipinski definition) is 1. The molecular formula is C13H14S. The molecule has 0 aromatic heterocycles. The highest BCUT2D eigenvalue weighted by atomic mass is 32.2. The number of allylic oxidation sites excluding steroid dienone is 4. The average molecular weight is 202 g/mol. The quantitative estimate of drug-likeness (QED) is 0.670. The van der Waals surface area contributed by atoms with Crippen LogP contribution in [0.2, 0.25) is 0 Å². The van der Waals surface area contributed by atoms with Crippen LogP contribution in [0.4, 0.5) is 0 Å². The third-order valence-corrected chi connectivity index (χ3v) is 3.48. The van der Waals surface area contributed by atoms with Crippen molar-refractivity contribution in [2.45, 2.75) is 11.3 Å². The van der Waals surface area contributed by atoms with Crippen molar-refractivity contribution < 1.29 is 0 Å². The van der Waals surface area contributed by atoms with Crippen molar-refractivity contribution in [3.63, 3.8) is 0 Å². The first-order valence-corrected chi connectivity index (χ1v) is 5.95. The maximum absolute atomic E-state index is 2.30. The molecule has 1 aliphatic rings. The fourth-order valence-corrected chi connectivity index (χ4v) is 2.48. The van der Waals surface area contributed by atoms with Gasteiger partial charge in [0.05, 0.1) is 0 Å². The van der Waals surface area contributed by atoms with Gasteiger partial charge in [-0.25, -0.2) is 0 Å². The molecule has 0 N–H and O–H groups in total. The first kappa shape index (κ1) is 9.60. The summed E-state index contributed by atoms with van der Waals surface area (Å²) in [6, 6.07) is 10.6. The zero-order valence-corrected chi connectivity index (χ0v) is 8.91. The maximum atomic E-state index is 2.30. The van der Waals surface area contributed by atoms with E-state index >= 15 is 0 Å². The van der Waals surface area contributed by atoms with Crippen molar-refractivity contribution in [1.82, 2.24) is 0 Å². The van der Waals surface area contributed by atoms with Crippen molar-refractivity contribution in [2.75, 3.05) is 5.75 Å². The molecule has 0 heterocycles. The van der Waals surface area contributed by atoms with E-state index in [4.69, 9.17) is 0 Å². The molecule has 1 aromatic carbocycles. The normalized spacial score (nSPS) is 19.9. The Bertz CT molecular complexity index is 324. The SMILES string of the molecule is C1=CCC(CSc2ccccc2)C=C1. The van der Waals surface area contributed by atoms with Gasteiger partial charge in [-0.2, -0.15) is 0 Å². The van der Waals surface area contributed by atoms with E-state index in [1.54, 1.807) is 0 Å². The van der Waals surface area contributed by atoms with Gasteiger partial charge in [-0.3, -0.25) is 0 Å². The van der Waals surface area contributed by atoms with E-state index in [2.05, 4.69) is 54.6 Å². The van der Waals surface area contributed by atoms with Gasteiger partial charge in [0.25, 0.3) is 0 Å². The van der Waals surface area contributed by atoms with E-state index in [0.717, 1.165) is 0 Å². The molecule has 1 unspecified atom stereocenters. The van der Waals surface area contributed by atoms with Crippen LogP contribution < -0.4 is 0 Å². The summed E-state index contributed by atoms with van der Waals surface area (Å²) in [5.74, 6) is 1.90. The molecule has 0 saturated carbocycles. The predicted octanol–water partition coefficient (Wildman–Crippen LogP) is 3.91. The van der Waals surface area contributed by atoms with Crippen LogP contribution in [0.25, 0.3) is 0 Å². The molecule has 14 heavy (non-hydrogen) atoms. The molecule has 0 aliphatic heterocycles. The third-order valence-electron chi connectivity index (χ3n) is 2.28. The molecule has 0 spiro atoms. The van der Waals surface area contributed by atoms with Gasteiger partial charge in [-0.15, -0.1) is 11.8 Å². The van der Waals surface area contributed by atoms with Crippen molar-refractivity contribution in [3.05, 3.63) is 54.6 Å². The Morgan fingerprint density at radius 2 is 2.00 bits per heavy atom. The van der Waals surface area contributed by atoms with E-state index in [-0.39, 0.29) is 0 Å². The summed E-state index contributed by atoms with van der Waals surface area (Å²) in [6.07, 6.45) is 10.0. The first-order valence-electron chi connectivity index (χ1n) is 4.96. The standard InChI is InChI=1S/C13H14S/c1-3-7-12(8-4-1)11-14-13-9-5-2-6-10-13/h1-7,9-10,12H,8,11H2. The van der Waals surface area contributed by atoms with Crippen LogP contribution in [0.5, 0.6) is 0 Å². The number of thioether (sulfide) groups is 1. The van der Waals surface area contributed by atoms with Gasteiger partial charge in [0.2, 0.25) is 0 Å². The summed E-state index contributed by atoms with van der Waals surface area (Å²) in [6.45, 7) is 0. The molecule has 1 aliphatic carbocycles. The molecule has 0 fully saturated rings. The molecule has 1 aromatic rings. The Morgan fingerprint density at radius 3 is 2.71 bits per heavy atom. The Labute approximate surface area is 89.7 Å². The lowest BCUT2D eigenvalue weighted by Crippen LogP contribution is -2.00. The maximum Gasteiger partial charge on any atom is 0.00721 e. The van der Waals surface area contributed by atoms with Crippen LogP contribution in [0.3, 0.4) is 0 Å². The van der Waals surface area contributed by atoms with Crippen LogP contribution in [-0.2, 0) is 0 Å². The zero-order valence-electron chi connectivity index (χ0n) is 8.10. The van der Waals surface area contributed by atoms with Crippen LogP contribution >= 0.6 is 11.8 Å². The summed E-state index contributed by atoms with van der Waals surface area (Å²) in [4.78, 5) is 1.37. The van der Waals surface area contributed by atoms with Crippen molar-refractivity contribution in [3.8, 4) is 0 Å². The monoisotopic (exact) mass is 202 g/mol. The Kier molecular flexibility index (Phi) is 3.47. The molecule has 72 valence electrons. The molecular weight excluding hydrogens is 188 g/mol. The average Bonchev–Trinajstić information content (AvgIpc) is 2.29. The van der Waals surface area contributed by atoms with Crippen LogP contribution in [0, 0.1) is 5.92 Å². The minimum atomic E-state index is 0.713. The molecule has 1 atom stereocenters. The fourth-order valence-electron chi connectivity index (χ4n) is 1.48. The lowest BCUT2D eigenvalue weighted by molar-refractivity contribution is 0.749. The Balaban J connectivity index is 1.83. The lowest BCUT2D eigenvalue weighted by Gasteiger charge is -2.11. The summed E-state index contributed by atoms with van der Waals surface area (Å²) < 4.78 is 0. The minimum absolute atomic E-state index is 0.713. The van der Waals surface area contributed by atoms with Gasteiger partial charge in [0, 0.05) is 10.6 Å². The molecule has 0 saturated heterocycles. The van der Waals surface area contributed by atoms with Gasteiger partial charge in [0.15, 0.2) is 0 Å². The van der Waals surface area contributed by atoms with E-state index in [1.165, 1.54) is 17.1 Å². The highest BCUT2D eigenvalue weighted by Crippen LogP contribution is 2.23. The van der Waals surface area contributed by atoms with Crippen molar-refractivity contribution in [1.29, 1.82) is 0 Å². The van der Waals surface area contributed by atoms with Crippen molar-refractivity contribution >= 4 is 11.8 Å². The van der Waals surface area contributed by atoms with Gasteiger partial charge in [-0.05, 0) is 24.5 Å². The molecule has 1 heteroatoms. The summed E-state index contributed by atoms with van der Waals surface area (Å²) in [5, 5.41) is 0. The Morgan fingerprint density at radius 1 is 1.14 bits per heavy atom. The molecule has 0 radical (unpaired) electrons. The van der Waals surface area contributed by atoms with E-state index < -0.39 is 0 Å². The molecule has 0 amide bonds. The largest absolute Gasteiger partial charge is 0.126 e. The van der Waals surface area contributed by atoms with Gasteiger partial charge in [0.1, 0.15) is 0 Å². The van der Waals surface area contributed by atoms with Gasteiger partial charge < -0.3 is 0 Å². The minimum Gasteiger partial charge on any atom is -0.126 e. The second kappa shape index (κ2) is 5.06. The van der Waals surface area contributed by atoms with Crippen LogP contribution in [0.1, 0.15) is 6.42 Å². The second-order valence-electron chi connectivity index (χ2n) is 3.43. The topological polar surface area (TPSA) is 0 Å². The lowest BCUT2D eigenvalue weighted by atomic mass is 10.0. The second-order valence-corrected chi connectivity index (χ2v) is 4.53. The van der Waals surface area contributed by atoms with E-state index in [0.29, 0.717) is 5.92 Å². The number of benzene rings is 1. The number of hydrogen-bond donors (Lipinski definition) is 0. The van der Waals surface area contributed by atoms with E-state index in [1.807, 2.05) is 11.8 Å². The highest BCUT2D eigenvalue weighted by molar-refractivity contribution is 7.99. The van der Waals surface area contributed by atoms with Crippen LogP contribution in [0.15, 0.2) is 59.5 Å². The summed E-state index contributed by atoms with van der Waals surface area (Å²) >= 11 is 1.94. The van der Waals surface area contributed by atoms with E-state index in [9.17, 15) is 0 Å². The van der Waals surface area contributed by atoms with Gasteiger partial charge >= 0.3 is 0 Å². The third kappa shape index (κ3) is 2.78. The fraction of sp³-hybridized carbons (Fsp3) is 0.231. The zero-order chi connectivity index (χ0) is 9.64. The smallest absolute Gasteiger partial charge is 0.00721 e. The van der Waals surface area contributed by atoms with Crippen molar-refractivity contribution in [2.24, 2.45) is 5.92 Å². The Hall–Kier alpha value is -0.950. The molecule has 0 nitrogen and oxygen atoms in total. The molecule has 2 rings (SSSR count). The van der Waals surface area contributed by atoms with Gasteiger partial charge in [-0.1, -0.05) is 42.5 Å². The summed E-state index contributed by atoms with van der Waals surface area (Å²) in [5.41, 5.74) is 0. The number of rotatable bonds is 3. The molecule has 0 bridgehead atoms. The van der Waals surface area contributed by atoms with Crippen LogP contribution in [-0.4, -0.2) is 5.75 Å². The summed E-state index contributed by atoms with van der Waals surface area (Å²) in [7, 11) is 0. The highest BCUT2D eigenvalue weighted by Gasteiger charge is 2.05. The first-order chi connectivity index (χ1) is 6.95.